The average Bonchev–Trinajstić information content (AvgIpc) is 2.58. The van der Waals surface area contributed by atoms with E-state index in [4.69, 9.17) is 10.8 Å². The topological polar surface area (TPSA) is 42.2 Å². The van der Waals surface area contributed by atoms with E-state index in [9.17, 15) is 4.79 Å². The number of rotatable bonds is 3. The van der Waals surface area contributed by atoms with Crippen LogP contribution in [0.2, 0.25) is 0 Å². The second kappa shape index (κ2) is 5.50. The van der Waals surface area contributed by atoms with Gasteiger partial charge in [0.25, 0.3) is 0 Å². The van der Waals surface area contributed by atoms with Gasteiger partial charge in [-0.15, -0.1) is 6.42 Å². The molecule has 0 aliphatic heterocycles. The fraction of sp³-hybridized carbons (Fsp3) is 0.100. The third-order valence-electron chi connectivity index (χ3n) is 1.36. The Bertz CT molecular complexity index is 387. The van der Waals surface area contributed by atoms with Gasteiger partial charge >= 0.3 is 0 Å². The number of carbonyl (C=O) groups is 1. The average molecular weight is 301 g/mol. The molecule has 1 N–H and O–H groups in total. The first-order chi connectivity index (χ1) is 6.72. The maximum Gasteiger partial charge on any atom is 0.244 e. The minimum absolute atomic E-state index is 0.227. The van der Waals surface area contributed by atoms with Gasteiger partial charge in [0.15, 0.2) is 3.77 Å². The van der Waals surface area contributed by atoms with Crippen LogP contribution in [-0.4, -0.2) is 12.5 Å². The van der Waals surface area contributed by atoms with Crippen LogP contribution in [-0.2, 0) is 4.79 Å². The zero-order chi connectivity index (χ0) is 10.4. The summed E-state index contributed by atoms with van der Waals surface area (Å²) in [4.78, 5) is 11.0. The molecule has 72 valence electrons. The van der Waals surface area contributed by atoms with Crippen LogP contribution in [0.1, 0.15) is 5.76 Å². The molecule has 0 aliphatic rings. The van der Waals surface area contributed by atoms with E-state index in [1.165, 1.54) is 6.08 Å². The molecule has 0 aromatic carbocycles. The summed E-state index contributed by atoms with van der Waals surface area (Å²) in [6.45, 7) is 0.235. The van der Waals surface area contributed by atoms with Crippen molar-refractivity contribution in [3.63, 3.8) is 0 Å². The Morgan fingerprint density at radius 3 is 3.07 bits per heavy atom. The molecule has 0 bridgehead atoms. The summed E-state index contributed by atoms with van der Waals surface area (Å²) >= 11 is 2.05. The third-order valence-corrected chi connectivity index (χ3v) is 1.94. The molecule has 1 aromatic heterocycles. The van der Waals surface area contributed by atoms with Crippen molar-refractivity contribution in [2.45, 2.75) is 0 Å². The molecule has 1 amide bonds. The summed E-state index contributed by atoms with van der Waals surface area (Å²) in [7, 11) is 0. The largest absolute Gasteiger partial charge is 0.451 e. The van der Waals surface area contributed by atoms with E-state index in [2.05, 4.69) is 33.8 Å². The van der Waals surface area contributed by atoms with Crippen LogP contribution in [0.25, 0.3) is 6.08 Å². The van der Waals surface area contributed by atoms with Gasteiger partial charge in [-0.05, 0) is 40.8 Å². The Morgan fingerprint density at radius 2 is 2.50 bits per heavy atom. The molecule has 0 spiro atoms. The maximum atomic E-state index is 11.0. The number of hydrogen-bond donors (Lipinski definition) is 1. The zero-order valence-electron chi connectivity index (χ0n) is 7.29. The molecule has 0 saturated carbocycles. The highest BCUT2D eigenvalue weighted by Crippen LogP contribution is 2.10. The van der Waals surface area contributed by atoms with Gasteiger partial charge in [-0.3, -0.25) is 4.79 Å². The van der Waals surface area contributed by atoms with Crippen molar-refractivity contribution in [1.82, 2.24) is 5.32 Å². The fourth-order valence-electron chi connectivity index (χ4n) is 0.773. The second-order valence-corrected chi connectivity index (χ2v) is 3.46. The molecule has 14 heavy (non-hydrogen) atoms. The van der Waals surface area contributed by atoms with Crippen LogP contribution in [0.15, 0.2) is 22.6 Å². The standard InChI is InChI=1S/C10H8INO2/c1-2-7-12-10(13)6-4-8-3-5-9(11)14-8/h1,3-6H,7H2,(H,12,13). The van der Waals surface area contributed by atoms with Gasteiger partial charge in [0, 0.05) is 6.08 Å². The molecule has 0 aliphatic carbocycles. The molecule has 1 heterocycles. The summed E-state index contributed by atoms with van der Waals surface area (Å²) in [5.74, 6) is 2.73. The predicted octanol–water partition coefficient (Wildman–Crippen LogP) is 1.65. The monoisotopic (exact) mass is 301 g/mol. The Kier molecular flexibility index (Phi) is 4.26. The number of hydrogen-bond acceptors (Lipinski definition) is 2. The minimum Gasteiger partial charge on any atom is -0.451 e. The van der Waals surface area contributed by atoms with E-state index < -0.39 is 0 Å². The number of nitrogens with one attached hydrogen (secondary N) is 1. The molecular formula is C10H8INO2. The Labute approximate surface area is 95.7 Å². The van der Waals surface area contributed by atoms with Gasteiger partial charge in [0.2, 0.25) is 5.91 Å². The van der Waals surface area contributed by atoms with Crippen LogP contribution < -0.4 is 5.32 Å². The van der Waals surface area contributed by atoms with Crippen LogP contribution in [0.3, 0.4) is 0 Å². The van der Waals surface area contributed by atoms with Crippen molar-refractivity contribution in [2.24, 2.45) is 0 Å². The lowest BCUT2D eigenvalue weighted by Gasteiger charge is -1.92. The molecular weight excluding hydrogens is 293 g/mol. The Morgan fingerprint density at radius 1 is 1.71 bits per heavy atom. The lowest BCUT2D eigenvalue weighted by molar-refractivity contribution is -0.116. The minimum atomic E-state index is -0.227. The molecule has 1 rings (SSSR count). The Hall–Kier alpha value is -1.22. The van der Waals surface area contributed by atoms with Gasteiger partial charge < -0.3 is 9.73 Å². The number of furan rings is 1. The molecule has 3 nitrogen and oxygen atoms in total. The first kappa shape index (κ1) is 10.9. The number of halogens is 1. The maximum absolute atomic E-state index is 11.0. The Balaban J connectivity index is 2.48. The van der Waals surface area contributed by atoms with Crippen molar-refractivity contribution in [1.29, 1.82) is 0 Å². The van der Waals surface area contributed by atoms with E-state index in [-0.39, 0.29) is 12.5 Å². The van der Waals surface area contributed by atoms with E-state index >= 15 is 0 Å². The van der Waals surface area contributed by atoms with Gasteiger partial charge in [0.05, 0.1) is 6.54 Å². The quantitative estimate of drug-likeness (QED) is 0.524. The molecule has 0 fully saturated rings. The number of carbonyl (C=O) groups excluding carboxylic acids is 1. The number of terminal acetylenes is 1. The predicted molar refractivity (Wildman–Crippen MR) is 62.3 cm³/mol. The lowest BCUT2D eigenvalue weighted by atomic mass is 10.4. The third kappa shape index (κ3) is 3.66. The second-order valence-electron chi connectivity index (χ2n) is 2.40. The van der Waals surface area contributed by atoms with Gasteiger partial charge in [0.1, 0.15) is 5.76 Å². The first-order valence-corrected chi connectivity index (χ1v) is 4.95. The molecule has 0 unspecified atom stereocenters. The van der Waals surface area contributed by atoms with Gasteiger partial charge in [-0.25, -0.2) is 0 Å². The van der Waals surface area contributed by atoms with E-state index in [0.717, 1.165) is 3.77 Å². The van der Waals surface area contributed by atoms with Crippen LogP contribution in [0, 0.1) is 16.1 Å². The van der Waals surface area contributed by atoms with E-state index in [1.54, 1.807) is 12.1 Å². The molecule has 0 saturated heterocycles. The van der Waals surface area contributed by atoms with Crippen molar-refractivity contribution >= 4 is 34.6 Å². The normalized spacial score (nSPS) is 10.0. The van der Waals surface area contributed by atoms with Crippen LogP contribution in [0.5, 0.6) is 0 Å². The van der Waals surface area contributed by atoms with Crippen molar-refractivity contribution < 1.29 is 9.21 Å². The highest BCUT2D eigenvalue weighted by molar-refractivity contribution is 14.1. The molecule has 4 heteroatoms. The molecule has 0 radical (unpaired) electrons. The zero-order valence-corrected chi connectivity index (χ0v) is 9.45. The summed E-state index contributed by atoms with van der Waals surface area (Å²) < 4.78 is 6.00. The fourth-order valence-corrected chi connectivity index (χ4v) is 1.21. The number of amides is 1. The lowest BCUT2D eigenvalue weighted by Crippen LogP contribution is -2.20. The van der Waals surface area contributed by atoms with Gasteiger partial charge in [-0.1, -0.05) is 5.92 Å². The highest BCUT2D eigenvalue weighted by Gasteiger charge is 1.96. The summed E-state index contributed by atoms with van der Waals surface area (Å²) in [5, 5.41) is 2.50. The molecule has 1 aromatic rings. The van der Waals surface area contributed by atoms with Crippen LogP contribution >= 0.6 is 22.6 Å². The van der Waals surface area contributed by atoms with E-state index in [0.29, 0.717) is 5.76 Å². The van der Waals surface area contributed by atoms with Crippen molar-refractivity contribution in [3.05, 3.63) is 27.7 Å². The summed E-state index contributed by atoms with van der Waals surface area (Å²) in [6, 6.07) is 3.60. The highest BCUT2D eigenvalue weighted by atomic mass is 127. The summed E-state index contributed by atoms with van der Waals surface area (Å²) in [5.41, 5.74) is 0. The van der Waals surface area contributed by atoms with Gasteiger partial charge in [-0.2, -0.15) is 0 Å². The van der Waals surface area contributed by atoms with Crippen molar-refractivity contribution in [2.75, 3.05) is 6.54 Å². The SMILES string of the molecule is C#CCNC(=O)C=Cc1ccc(I)o1. The smallest absolute Gasteiger partial charge is 0.244 e. The van der Waals surface area contributed by atoms with Crippen molar-refractivity contribution in [3.8, 4) is 12.3 Å². The first-order valence-electron chi connectivity index (χ1n) is 3.87. The van der Waals surface area contributed by atoms with E-state index in [1.807, 2.05) is 6.07 Å². The summed E-state index contributed by atoms with van der Waals surface area (Å²) in [6.07, 6.45) is 7.95. The van der Waals surface area contributed by atoms with Crippen LogP contribution in [0.4, 0.5) is 0 Å². The molecule has 0 atom stereocenters.